The summed E-state index contributed by atoms with van der Waals surface area (Å²) in [5, 5.41) is 0. The number of rotatable bonds is 4. The average Bonchev–Trinajstić information content (AvgIpc) is 2.39. The molecule has 4 heteroatoms. The first kappa shape index (κ1) is 13.6. The van der Waals surface area contributed by atoms with Gasteiger partial charge in [0.1, 0.15) is 5.75 Å². The number of nitrogens with zero attached hydrogens (tertiary/aromatic N) is 1. The van der Waals surface area contributed by atoms with E-state index in [9.17, 15) is 0 Å². The maximum Gasteiger partial charge on any atom is 0.119 e. The van der Waals surface area contributed by atoms with Crippen molar-refractivity contribution in [2.45, 2.75) is 26.0 Å². The highest BCUT2D eigenvalue weighted by atomic mass is 32.2. The van der Waals surface area contributed by atoms with E-state index in [0.29, 0.717) is 6.04 Å². The summed E-state index contributed by atoms with van der Waals surface area (Å²) >= 11 is 1.99. The molecule has 1 aromatic rings. The molecule has 0 aliphatic carbocycles. The van der Waals surface area contributed by atoms with Crippen molar-refractivity contribution >= 4 is 17.4 Å². The van der Waals surface area contributed by atoms with Gasteiger partial charge in [-0.3, -0.25) is 0 Å². The number of thioether (sulfide) groups is 1. The second-order valence-corrected chi connectivity index (χ2v) is 5.97. The molecule has 0 saturated carbocycles. The smallest absolute Gasteiger partial charge is 0.119 e. The van der Waals surface area contributed by atoms with Gasteiger partial charge in [0.25, 0.3) is 0 Å². The third-order valence-electron chi connectivity index (χ3n) is 3.04. The van der Waals surface area contributed by atoms with Crippen LogP contribution in [0, 0.1) is 0 Å². The quantitative estimate of drug-likeness (QED) is 0.908. The fourth-order valence-corrected chi connectivity index (χ4v) is 3.26. The van der Waals surface area contributed by atoms with Crippen LogP contribution in [0.5, 0.6) is 5.75 Å². The van der Waals surface area contributed by atoms with Crippen LogP contribution in [-0.2, 0) is 0 Å². The molecule has 1 saturated heterocycles. The Morgan fingerprint density at radius 1 is 1.39 bits per heavy atom. The van der Waals surface area contributed by atoms with Crippen LogP contribution in [-0.4, -0.2) is 36.7 Å². The van der Waals surface area contributed by atoms with Crippen molar-refractivity contribution in [2.75, 3.05) is 29.5 Å². The lowest BCUT2D eigenvalue weighted by atomic mass is 10.2. The summed E-state index contributed by atoms with van der Waals surface area (Å²) < 4.78 is 5.66. The maximum absolute atomic E-state index is 5.85. The minimum absolute atomic E-state index is 0.221. The van der Waals surface area contributed by atoms with E-state index < -0.39 is 0 Å². The zero-order valence-corrected chi connectivity index (χ0v) is 12.0. The molecule has 0 spiro atoms. The Labute approximate surface area is 114 Å². The normalized spacial score (nSPS) is 20.2. The van der Waals surface area contributed by atoms with Gasteiger partial charge >= 0.3 is 0 Å². The van der Waals surface area contributed by atoms with Gasteiger partial charge in [-0.2, -0.15) is 11.8 Å². The average molecular weight is 266 g/mol. The summed E-state index contributed by atoms with van der Waals surface area (Å²) in [7, 11) is 0. The largest absolute Gasteiger partial charge is 0.491 e. The van der Waals surface area contributed by atoms with Crippen LogP contribution in [0.4, 0.5) is 5.69 Å². The van der Waals surface area contributed by atoms with E-state index in [4.69, 9.17) is 10.5 Å². The lowest BCUT2D eigenvalue weighted by molar-refractivity contribution is 0.242. The van der Waals surface area contributed by atoms with Crippen LogP contribution in [0.15, 0.2) is 24.3 Å². The summed E-state index contributed by atoms with van der Waals surface area (Å²) in [6, 6.07) is 8.82. The molecular formula is C14H22N2OS. The molecule has 2 rings (SSSR count). The maximum atomic E-state index is 5.85. The van der Waals surface area contributed by atoms with Crippen molar-refractivity contribution in [2.24, 2.45) is 5.73 Å². The van der Waals surface area contributed by atoms with Crippen molar-refractivity contribution in [3.05, 3.63) is 24.3 Å². The summed E-state index contributed by atoms with van der Waals surface area (Å²) in [4.78, 5) is 2.41. The van der Waals surface area contributed by atoms with Crippen LogP contribution >= 0.6 is 11.8 Å². The minimum atomic E-state index is 0.221. The van der Waals surface area contributed by atoms with E-state index in [1.165, 1.54) is 11.4 Å². The first-order chi connectivity index (χ1) is 8.70. The molecule has 100 valence electrons. The second-order valence-electron chi connectivity index (χ2n) is 4.82. The van der Waals surface area contributed by atoms with Crippen molar-refractivity contribution in [1.29, 1.82) is 0 Å². The molecule has 0 aromatic heterocycles. The van der Waals surface area contributed by atoms with Crippen molar-refractivity contribution in [1.82, 2.24) is 0 Å². The molecule has 18 heavy (non-hydrogen) atoms. The Bertz CT molecular complexity index is 367. The van der Waals surface area contributed by atoms with Gasteiger partial charge in [-0.15, -0.1) is 0 Å². The highest BCUT2D eigenvalue weighted by Gasteiger charge is 2.21. The zero-order chi connectivity index (χ0) is 13.0. The van der Waals surface area contributed by atoms with E-state index in [0.717, 1.165) is 24.6 Å². The zero-order valence-electron chi connectivity index (χ0n) is 11.1. The topological polar surface area (TPSA) is 38.5 Å². The molecule has 1 aliphatic heterocycles. The molecule has 1 aliphatic rings. The number of hydrogen-bond donors (Lipinski definition) is 1. The Kier molecular flexibility index (Phi) is 4.78. The molecule has 0 amide bonds. The molecule has 0 bridgehead atoms. The van der Waals surface area contributed by atoms with Gasteiger partial charge in [0.05, 0.1) is 12.1 Å². The Morgan fingerprint density at radius 2 is 2.11 bits per heavy atom. The minimum Gasteiger partial charge on any atom is -0.491 e. The van der Waals surface area contributed by atoms with Gasteiger partial charge in [-0.25, -0.2) is 0 Å². The summed E-state index contributed by atoms with van der Waals surface area (Å²) in [5.41, 5.74) is 7.10. The van der Waals surface area contributed by atoms with E-state index in [2.05, 4.69) is 17.0 Å². The van der Waals surface area contributed by atoms with E-state index >= 15 is 0 Å². The highest BCUT2D eigenvalue weighted by molar-refractivity contribution is 7.99. The van der Waals surface area contributed by atoms with E-state index in [1.54, 1.807) is 0 Å². The Morgan fingerprint density at radius 3 is 2.72 bits per heavy atom. The van der Waals surface area contributed by atoms with E-state index in [-0.39, 0.29) is 6.10 Å². The lowest BCUT2D eigenvalue weighted by Gasteiger charge is -2.36. The summed E-state index contributed by atoms with van der Waals surface area (Å²) in [5.74, 6) is 3.24. The van der Waals surface area contributed by atoms with Crippen molar-refractivity contribution in [3.63, 3.8) is 0 Å². The van der Waals surface area contributed by atoms with Gasteiger partial charge in [0.15, 0.2) is 0 Å². The standard InChI is InChI=1S/C14H22N2OS/c1-11(2)17-14-5-3-12(4-6-14)16-7-8-18-10-13(16)9-15/h3-6,11,13H,7-10,15H2,1-2H3. The SMILES string of the molecule is CC(C)Oc1ccc(N2CCSCC2CN)cc1. The van der Waals surface area contributed by atoms with Crippen LogP contribution in [0.3, 0.4) is 0 Å². The van der Waals surface area contributed by atoms with Gasteiger partial charge in [0.2, 0.25) is 0 Å². The van der Waals surface area contributed by atoms with Gasteiger partial charge in [-0.1, -0.05) is 0 Å². The highest BCUT2D eigenvalue weighted by Crippen LogP contribution is 2.25. The first-order valence-electron chi connectivity index (χ1n) is 6.52. The molecule has 1 atom stereocenters. The van der Waals surface area contributed by atoms with Crippen molar-refractivity contribution < 1.29 is 4.74 Å². The first-order valence-corrected chi connectivity index (χ1v) is 7.67. The number of hydrogen-bond acceptors (Lipinski definition) is 4. The number of nitrogens with two attached hydrogens (primary N) is 1. The Balaban J connectivity index is 2.07. The van der Waals surface area contributed by atoms with E-state index in [1.807, 2.05) is 37.7 Å². The fraction of sp³-hybridized carbons (Fsp3) is 0.571. The molecule has 0 radical (unpaired) electrons. The van der Waals surface area contributed by atoms with Crippen molar-refractivity contribution in [3.8, 4) is 5.75 Å². The van der Waals surface area contributed by atoms with Crippen LogP contribution in [0.2, 0.25) is 0 Å². The summed E-state index contributed by atoms with van der Waals surface area (Å²) in [6.45, 7) is 5.88. The van der Waals surface area contributed by atoms with Crippen LogP contribution in [0.25, 0.3) is 0 Å². The Hall–Kier alpha value is -0.870. The number of anilines is 1. The molecular weight excluding hydrogens is 244 g/mol. The third kappa shape index (κ3) is 3.33. The predicted molar refractivity (Wildman–Crippen MR) is 79.7 cm³/mol. The van der Waals surface area contributed by atoms with Gasteiger partial charge in [-0.05, 0) is 38.1 Å². The number of benzene rings is 1. The molecule has 2 N–H and O–H groups in total. The van der Waals surface area contributed by atoms with Crippen LogP contribution in [0.1, 0.15) is 13.8 Å². The molecule has 3 nitrogen and oxygen atoms in total. The fourth-order valence-electron chi connectivity index (χ4n) is 2.18. The summed E-state index contributed by atoms with van der Waals surface area (Å²) in [6.07, 6.45) is 0.221. The van der Waals surface area contributed by atoms with Crippen LogP contribution < -0.4 is 15.4 Å². The van der Waals surface area contributed by atoms with Gasteiger partial charge < -0.3 is 15.4 Å². The molecule has 1 fully saturated rings. The van der Waals surface area contributed by atoms with Gasteiger partial charge in [0, 0.05) is 30.3 Å². The molecule has 1 aromatic carbocycles. The monoisotopic (exact) mass is 266 g/mol. The predicted octanol–water partition coefficient (Wildman–Crippen LogP) is 2.35. The molecule has 1 heterocycles. The number of ether oxygens (including phenoxy) is 1. The third-order valence-corrected chi connectivity index (χ3v) is 4.13. The molecule has 1 unspecified atom stereocenters. The second kappa shape index (κ2) is 6.34. The lowest BCUT2D eigenvalue weighted by Crippen LogP contribution is -2.46.